The lowest BCUT2D eigenvalue weighted by molar-refractivity contribution is 0.270. The quantitative estimate of drug-likeness (QED) is 0.921. The predicted molar refractivity (Wildman–Crippen MR) is 82.7 cm³/mol. The van der Waals surface area contributed by atoms with Crippen molar-refractivity contribution in [1.29, 1.82) is 0 Å². The third-order valence-corrected chi connectivity index (χ3v) is 6.82. The molecular formula is C13H23N3OS2. The zero-order valence-corrected chi connectivity index (χ0v) is 13.9. The fourth-order valence-corrected chi connectivity index (χ4v) is 4.89. The van der Waals surface area contributed by atoms with E-state index < -0.39 is 0 Å². The topological polar surface area (TPSA) is 51.0 Å². The summed E-state index contributed by atoms with van der Waals surface area (Å²) in [6.07, 6.45) is 0. The van der Waals surface area contributed by atoms with Gasteiger partial charge in [0.05, 0.1) is 10.8 Å². The highest BCUT2D eigenvalue weighted by Gasteiger charge is 2.32. The summed E-state index contributed by atoms with van der Waals surface area (Å²) in [6.45, 7) is 11.7. The minimum atomic E-state index is -0.259. The van der Waals surface area contributed by atoms with Gasteiger partial charge in [0.25, 0.3) is 0 Å². The Morgan fingerprint density at radius 2 is 2.11 bits per heavy atom. The minimum Gasteiger partial charge on any atom is -0.337 e. The molecule has 19 heavy (non-hydrogen) atoms. The van der Waals surface area contributed by atoms with Gasteiger partial charge in [0.15, 0.2) is 5.82 Å². The first-order valence-electron chi connectivity index (χ1n) is 6.80. The van der Waals surface area contributed by atoms with Crippen LogP contribution in [0.15, 0.2) is 4.52 Å². The first-order valence-corrected chi connectivity index (χ1v) is 8.79. The summed E-state index contributed by atoms with van der Waals surface area (Å²) < 4.78 is 5.45. The number of hydrogen-bond donors (Lipinski definition) is 1. The Labute approximate surface area is 123 Å². The number of thioether (sulfide) groups is 2. The molecule has 1 aromatic rings. The van der Waals surface area contributed by atoms with Crippen molar-refractivity contribution < 1.29 is 4.52 Å². The van der Waals surface area contributed by atoms with Crippen molar-refractivity contribution in [1.82, 2.24) is 15.5 Å². The zero-order valence-electron chi connectivity index (χ0n) is 12.3. The molecule has 6 heteroatoms. The Bertz CT molecular complexity index is 422. The van der Waals surface area contributed by atoms with Crippen molar-refractivity contribution in [3.8, 4) is 0 Å². The molecule has 3 atom stereocenters. The molecule has 0 radical (unpaired) electrons. The van der Waals surface area contributed by atoms with Gasteiger partial charge in [-0.3, -0.25) is 0 Å². The number of nitrogens with one attached hydrogen (secondary N) is 1. The van der Waals surface area contributed by atoms with Gasteiger partial charge in [-0.05, 0) is 20.4 Å². The van der Waals surface area contributed by atoms with Crippen LogP contribution < -0.4 is 5.32 Å². The molecule has 0 spiro atoms. The molecule has 1 aliphatic heterocycles. The standard InChI is InChI=1S/C13H23N3OS2/c1-6-14-13(4,5)12-15-11(16-17-12)10-7-18-8(2)9(3)19-10/h8-10,14H,6-7H2,1-5H3. The van der Waals surface area contributed by atoms with Crippen LogP contribution in [0.2, 0.25) is 0 Å². The molecule has 1 aromatic heterocycles. The van der Waals surface area contributed by atoms with E-state index in [2.05, 4.69) is 50.1 Å². The molecule has 0 amide bonds. The monoisotopic (exact) mass is 301 g/mol. The van der Waals surface area contributed by atoms with Gasteiger partial charge < -0.3 is 9.84 Å². The first-order chi connectivity index (χ1) is 8.94. The van der Waals surface area contributed by atoms with Crippen LogP contribution in [-0.4, -0.2) is 32.9 Å². The van der Waals surface area contributed by atoms with Crippen molar-refractivity contribution in [2.45, 2.75) is 55.9 Å². The largest absolute Gasteiger partial charge is 0.337 e. The molecule has 1 fully saturated rings. The Balaban J connectivity index is 2.09. The Hall–Kier alpha value is -0.200. The van der Waals surface area contributed by atoms with Crippen LogP contribution in [0.5, 0.6) is 0 Å². The van der Waals surface area contributed by atoms with E-state index in [1.165, 1.54) is 0 Å². The van der Waals surface area contributed by atoms with E-state index in [1.54, 1.807) is 0 Å². The highest BCUT2D eigenvalue weighted by atomic mass is 32.2. The highest BCUT2D eigenvalue weighted by molar-refractivity contribution is 8.07. The second-order valence-corrected chi connectivity index (χ2v) is 8.48. The van der Waals surface area contributed by atoms with E-state index in [9.17, 15) is 0 Å². The smallest absolute Gasteiger partial charge is 0.246 e. The van der Waals surface area contributed by atoms with Gasteiger partial charge in [-0.1, -0.05) is 25.9 Å². The van der Waals surface area contributed by atoms with Gasteiger partial charge in [0.2, 0.25) is 5.89 Å². The molecule has 0 bridgehead atoms. The average molecular weight is 301 g/mol. The van der Waals surface area contributed by atoms with E-state index in [-0.39, 0.29) is 5.54 Å². The summed E-state index contributed by atoms with van der Waals surface area (Å²) in [6, 6.07) is 0. The van der Waals surface area contributed by atoms with Crippen molar-refractivity contribution in [3.05, 3.63) is 11.7 Å². The molecule has 2 rings (SSSR count). The number of hydrogen-bond acceptors (Lipinski definition) is 6. The molecule has 0 aliphatic carbocycles. The molecule has 3 unspecified atom stereocenters. The molecule has 4 nitrogen and oxygen atoms in total. The maximum Gasteiger partial charge on any atom is 0.246 e. The zero-order chi connectivity index (χ0) is 14.0. The van der Waals surface area contributed by atoms with E-state index in [1.807, 2.05) is 23.5 Å². The Morgan fingerprint density at radius 3 is 2.74 bits per heavy atom. The molecule has 0 saturated carbocycles. The summed E-state index contributed by atoms with van der Waals surface area (Å²) in [5.41, 5.74) is -0.259. The Morgan fingerprint density at radius 1 is 1.37 bits per heavy atom. The summed E-state index contributed by atoms with van der Waals surface area (Å²) in [4.78, 5) is 4.61. The molecule has 1 N–H and O–H groups in total. The first kappa shape index (κ1) is 15.2. The fourth-order valence-electron chi connectivity index (χ4n) is 2.06. The van der Waals surface area contributed by atoms with Gasteiger partial charge in [-0.2, -0.15) is 16.7 Å². The summed E-state index contributed by atoms with van der Waals surface area (Å²) in [5, 5.41) is 9.23. The van der Waals surface area contributed by atoms with Crippen LogP contribution in [0, 0.1) is 0 Å². The molecule has 2 heterocycles. The third-order valence-electron chi connectivity index (χ3n) is 3.43. The maximum absolute atomic E-state index is 5.45. The van der Waals surface area contributed by atoms with Crippen LogP contribution in [0.4, 0.5) is 0 Å². The summed E-state index contributed by atoms with van der Waals surface area (Å²) in [7, 11) is 0. The SMILES string of the molecule is CCNC(C)(C)c1nc(C2CSC(C)C(C)S2)no1. The van der Waals surface area contributed by atoms with Gasteiger partial charge in [-0.15, -0.1) is 11.8 Å². The van der Waals surface area contributed by atoms with Crippen LogP contribution in [0.1, 0.15) is 51.6 Å². The summed E-state index contributed by atoms with van der Waals surface area (Å²) >= 11 is 3.96. The molecule has 0 aromatic carbocycles. The second-order valence-electron chi connectivity index (χ2n) is 5.48. The maximum atomic E-state index is 5.45. The van der Waals surface area contributed by atoms with Crippen molar-refractivity contribution >= 4 is 23.5 Å². The van der Waals surface area contributed by atoms with Crippen molar-refractivity contribution in [3.63, 3.8) is 0 Å². The van der Waals surface area contributed by atoms with Crippen molar-refractivity contribution in [2.75, 3.05) is 12.3 Å². The lowest BCUT2D eigenvalue weighted by Crippen LogP contribution is -2.36. The van der Waals surface area contributed by atoms with Gasteiger partial charge in [0, 0.05) is 16.3 Å². The van der Waals surface area contributed by atoms with Crippen LogP contribution in [-0.2, 0) is 5.54 Å². The van der Waals surface area contributed by atoms with Crippen molar-refractivity contribution in [2.24, 2.45) is 0 Å². The number of nitrogens with zero attached hydrogens (tertiary/aromatic N) is 2. The van der Waals surface area contributed by atoms with E-state index in [0.717, 1.165) is 18.1 Å². The predicted octanol–water partition coefficient (Wildman–Crippen LogP) is 3.21. The number of aromatic nitrogens is 2. The Kier molecular flexibility index (Phi) is 4.84. The highest BCUT2D eigenvalue weighted by Crippen LogP contribution is 2.43. The molecular weight excluding hydrogens is 278 g/mol. The number of rotatable bonds is 4. The third kappa shape index (κ3) is 3.47. The van der Waals surface area contributed by atoms with Crippen LogP contribution in [0.3, 0.4) is 0 Å². The average Bonchev–Trinajstić information content (AvgIpc) is 2.83. The van der Waals surface area contributed by atoms with Crippen LogP contribution >= 0.6 is 23.5 Å². The van der Waals surface area contributed by atoms with E-state index >= 15 is 0 Å². The molecule has 108 valence electrons. The molecule has 1 aliphatic rings. The lowest BCUT2D eigenvalue weighted by Gasteiger charge is -2.29. The molecule has 1 saturated heterocycles. The minimum absolute atomic E-state index is 0.259. The van der Waals surface area contributed by atoms with E-state index in [0.29, 0.717) is 21.6 Å². The normalized spacial score (nSPS) is 28.6. The lowest BCUT2D eigenvalue weighted by atomic mass is 10.1. The second kappa shape index (κ2) is 6.06. The fraction of sp³-hybridized carbons (Fsp3) is 0.846. The van der Waals surface area contributed by atoms with Gasteiger partial charge in [-0.25, -0.2) is 0 Å². The van der Waals surface area contributed by atoms with Gasteiger partial charge >= 0.3 is 0 Å². The van der Waals surface area contributed by atoms with E-state index in [4.69, 9.17) is 4.52 Å². The van der Waals surface area contributed by atoms with Crippen LogP contribution in [0.25, 0.3) is 0 Å². The summed E-state index contributed by atoms with van der Waals surface area (Å²) in [5.74, 6) is 2.59. The van der Waals surface area contributed by atoms with Gasteiger partial charge in [0.1, 0.15) is 0 Å².